The lowest BCUT2D eigenvalue weighted by Gasteiger charge is -2.30. The number of primary amides is 1. The number of hydrogen-bond acceptors (Lipinski definition) is 4. The lowest BCUT2D eigenvalue weighted by molar-refractivity contribution is -0.123. The largest absolute Gasteiger partial charge is 0.369 e. The first-order valence-corrected chi connectivity index (χ1v) is 9.75. The molecule has 1 aliphatic rings. The molecule has 8 heteroatoms. The number of amides is 2. The predicted octanol–water partition coefficient (Wildman–Crippen LogP) is 0.810. The van der Waals surface area contributed by atoms with Crippen LogP contribution in [0.3, 0.4) is 0 Å². The Labute approximate surface area is 142 Å². The fourth-order valence-corrected chi connectivity index (χ4v) is 3.90. The second-order valence-corrected chi connectivity index (χ2v) is 7.85. The second kappa shape index (κ2) is 7.21. The first-order chi connectivity index (χ1) is 11.2. The highest BCUT2D eigenvalue weighted by Gasteiger charge is 2.26. The Morgan fingerprint density at radius 2 is 1.75 bits per heavy atom. The number of carbonyl (C=O) groups excluding carboxylic acids is 2. The molecule has 0 aromatic heterocycles. The Morgan fingerprint density at radius 1 is 1.21 bits per heavy atom. The van der Waals surface area contributed by atoms with Crippen molar-refractivity contribution in [2.24, 2.45) is 11.7 Å². The van der Waals surface area contributed by atoms with Gasteiger partial charge in [-0.3, -0.25) is 13.9 Å². The minimum Gasteiger partial charge on any atom is -0.369 e. The molecule has 1 aromatic carbocycles. The zero-order chi connectivity index (χ0) is 17.9. The van der Waals surface area contributed by atoms with E-state index in [0.29, 0.717) is 43.7 Å². The van der Waals surface area contributed by atoms with E-state index in [2.05, 4.69) is 0 Å². The molecule has 2 N–H and O–H groups in total. The van der Waals surface area contributed by atoms with Gasteiger partial charge in [0.25, 0.3) is 5.91 Å². The van der Waals surface area contributed by atoms with Gasteiger partial charge >= 0.3 is 0 Å². The Kier molecular flexibility index (Phi) is 5.48. The van der Waals surface area contributed by atoms with Gasteiger partial charge in [-0.15, -0.1) is 0 Å². The van der Waals surface area contributed by atoms with Gasteiger partial charge in [0.05, 0.1) is 11.9 Å². The molecule has 0 saturated carbocycles. The molecule has 0 spiro atoms. The first-order valence-electron chi connectivity index (χ1n) is 7.90. The van der Waals surface area contributed by atoms with E-state index in [1.54, 1.807) is 36.1 Å². The van der Waals surface area contributed by atoms with Crippen LogP contribution in [0.5, 0.6) is 0 Å². The number of hydrogen-bond donors (Lipinski definition) is 1. The molecular formula is C16H23N3O4S. The van der Waals surface area contributed by atoms with E-state index in [-0.39, 0.29) is 17.7 Å². The van der Waals surface area contributed by atoms with E-state index in [9.17, 15) is 18.0 Å². The van der Waals surface area contributed by atoms with E-state index < -0.39 is 10.0 Å². The summed E-state index contributed by atoms with van der Waals surface area (Å²) in [6.45, 7) is 3.08. The van der Waals surface area contributed by atoms with E-state index in [1.807, 2.05) is 0 Å². The van der Waals surface area contributed by atoms with Gasteiger partial charge in [0.2, 0.25) is 15.9 Å². The fourth-order valence-electron chi connectivity index (χ4n) is 2.93. The molecule has 1 saturated heterocycles. The molecule has 1 aliphatic heterocycles. The summed E-state index contributed by atoms with van der Waals surface area (Å²) in [6, 6.07) is 6.53. The first kappa shape index (κ1) is 18.3. The summed E-state index contributed by atoms with van der Waals surface area (Å²) in [5.74, 6) is -0.594. The van der Waals surface area contributed by atoms with Gasteiger partial charge in [-0.25, -0.2) is 8.42 Å². The van der Waals surface area contributed by atoms with Gasteiger partial charge < -0.3 is 10.6 Å². The number of sulfonamides is 1. The molecule has 0 aliphatic carbocycles. The Morgan fingerprint density at radius 3 is 2.17 bits per heavy atom. The van der Waals surface area contributed by atoms with E-state index in [0.717, 1.165) is 6.26 Å². The summed E-state index contributed by atoms with van der Waals surface area (Å²) in [4.78, 5) is 25.4. The maximum absolute atomic E-state index is 12.5. The Balaban J connectivity index is 2.08. The van der Waals surface area contributed by atoms with Crippen molar-refractivity contribution in [1.82, 2.24) is 4.90 Å². The highest BCUT2D eigenvalue weighted by atomic mass is 32.2. The van der Waals surface area contributed by atoms with Crippen LogP contribution in [0.2, 0.25) is 0 Å². The van der Waals surface area contributed by atoms with Gasteiger partial charge in [0.1, 0.15) is 0 Å². The number of rotatable bonds is 5. The number of piperidine rings is 1. The molecule has 0 radical (unpaired) electrons. The normalized spacial score (nSPS) is 16.0. The average Bonchev–Trinajstić information content (AvgIpc) is 2.54. The minimum atomic E-state index is -3.34. The van der Waals surface area contributed by atoms with E-state index in [4.69, 9.17) is 5.73 Å². The molecule has 0 bridgehead atoms. The Bertz CT molecular complexity index is 707. The van der Waals surface area contributed by atoms with Gasteiger partial charge in [-0.05, 0) is 44.0 Å². The highest BCUT2D eigenvalue weighted by Crippen LogP contribution is 2.21. The molecule has 7 nitrogen and oxygen atoms in total. The number of likely N-dealkylation sites (tertiary alicyclic amines) is 1. The summed E-state index contributed by atoms with van der Waals surface area (Å²) in [7, 11) is -3.34. The molecule has 1 aromatic rings. The van der Waals surface area contributed by atoms with E-state index in [1.165, 1.54) is 4.31 Å². The van der Waals surface area contributed by atoms with Crippen molar-refractivity contribution in [3.63, 3.8) is 0 Å². The van der Waals surface area contributed by atoms with Gasteiger partial charge in [-0.2, -0.15) is 0 Å². The van der Waals surface area contributed by atoms with Gasteiger partial charge in [0, 0.05) is 31.1 Å². The van der Waals surface area contributed by atoms with Crippen molar-refractivity contribution in [3.05, 3.63) is 29.8 Å². The Hall–Kier alpha value is -2.09. The molecule has 0 unspecified atom stereocenters. The van der Waals surface area contributed by atoms with Crippen LogP contribution >= 0.6 is 0 Å². The van der Waals surface area contributed by atoms with Crippen LogP contribution in [-0.4, -0.2) is 51.0 Å². The number of benzene rings is 1. The molecule has 2 rings (SSSR count). The number of anilines is 1. The van der Waals surface area contributed by atoms with Crippen molar-refractivity contribution < 1.29 is 18.0 Å². The van der Waals surface area contributed by atoms with Crippen LogP contribution in [0, 0.1) is 5.92 Å². The number of nitrogens with zero attached hydrogens (tertiary/aromatic N) is 2. The summed E-state index contributed by atoms with van der Waals surface area (Å²) in [6.07, 6.45) is 2.31. The SMILES string of the molecule is CCN(c1ccc(C(=O)N2CCC(C(N)=O)CC2)cc1)S(C)(=O)=O. The van der Waals surface area contributed by atoms with Crippen molar-refractivity contribution in [1.29, 1.82) is 0 Å². The van der Waals surface area contributed by atoms with Crippen LogP contribution in [0.1, 0.15) is 30.1 Å². The third kappa shape index (κ3) is 4.05. The molecule has 0 atom stereocenters. The van der Waals surface area contributed by atoms with Crippen molar-refractivity contribution in [3.8, 4) is 0 Å². The molecule has 2 amide bonds. The zero-order valence-electron chi connectivity index (χ0n) is 13.9. The van der Waals surface area contributed by atoms with Crippen molar-refractivity contribution >= 4 is 27.5 Å². The zero-order valence-corrected chi connectivity index (χ0v) is 14.8. The standard InChI is InChI=1S/C16H23N3O4S/c1-3-19(24(2,22)23)14-6-4-13(5-7-14)16(21)18-10-8-12(9-11-18)15(17)20/h4-7,12H,3,8-11H2,1-2H3,(H2,17,20). The topological polar surface area (TPSA) is 101 Å². The van der Waals surface area contributed by atoms with Crippen LogP contribution in [-0.2, 0) is 14.8 Å². The van der Waals surface area contributed by atoms with Crippen LogP contribution in [0.4, 0.5) is 5.69 Å². The summed E-state index contributed by atoms with van der Waals surface area (Å²) < 4.78 is 24.7. The number of carbonyl (C=O) groups is 2. The third-order valence-corrected chi connectivity index (χ3v) is 5.54. The van der Waals surface area contributed by atoms with Crippen LogP contribution in [0.15, 0.2) is 24.3 Å². The maximum atomic E-state index is 12.5. The highest BCUT2D eigenvalue weighted by molar-refractivity contribution is 7.92. The summed E-state index contributed by atoms with van der Waals surface area (Å²) in [5.41, 5.74) is 6.33. The second-order valence-electron chi connectivity index (χ2n) is 5.94. The quantitative estimate of drug-likeness (QED) is 0.846. The van der Waals surface area contributed by atoms with Crippen LogP contribution in [0.25, 0.3) is 0 Å². The van der Waals surface area contributed by atoms with Crippen molar-refractivity contribution in [2.45, 2.75) is 19.8 Å². The van der Waals surface area contributed by atoms with E-state index >= 15 is 0 Å². The maximum Gasteiger partial charge on any atom is 0.253 e. The monoisotopic (exact) mass is 353 g/mol. The van der Waals surface area contributed by atoms with Crippen molar-refractivity contribution in [2.75, 3.05) is 30.2 Å². The lowest BCUT2D eigenvalue weighted by Crippen LogP contribution is -2.41. The number of nitrogens with two attached hydrogens (primary N) is 1. The fraction of sp³-hybridized carbons (Fsp3) is 0.500. The lowest BCUT2D eigenvalue weighted by atomic mass is 9.96. The van der Waals surface area contributed by atoms with Gasteiger partial charge in [-0.1, -0.05) is 0 Å². The van der Waals surface area contributed by atoms with Gasteiger partial charge in [0.15, 0.2) is 0 Å². The molecular weight excluding hydrogens is 330 g/mol. The van der Waals surface area contributed by atoms with Crippen LogP contribution < -0.4 is 10.0 Å². The minimum absolute atomic E-state index is 0.119. The predicted molar refractivity (Wildman–Crippen MR) is 92.1 cm³/mol. The third-order valence-electron chi connectivity index (χ3n) is 4.27. The smallest absolute Gasteiger partial charge is 0.253 e. The molecule has 1 fully saturated rings. The molecule has 1 heterocycles. The molecule has 132 valence electrons. The average molecular weight is 353 g/mol. The summed E-state index contributed by atoms with van der Waals surface area (Å²) in [5, 5.41) is 0. The summed E-state index contributed by atoms with van der Waals surface area (Å²) >= 11 is 0. The molecule has 24 heavy (non-hydrogen) atoms.